The molecule has 1 aliphatic heterocycles. The van der Waals surface area contributed by atoms with Crippen LogP contribution in [0, 0.1) is 0 Å². The molecular weight excluding hydrogens is 380 g/mol. The number of aromatic nitrogens is 3. The minimum atomic E-state index is 0.174. The molecule has 8 heteroatoms. The summed E-state index contributed by atoms with van der Waals surface area (Å²) >= 11 is 0. The molecule has 5 rings (SSSR count). The SMILES string of the molecule is CN1CCN(COCc2cnc3ccc(-c4ccc5oc(N)nc5c4)cc3n2)CC1. The van der Waals surface area contributed by atoms with Crippen molar-refractivity contribution in [2.75, 3.05) is 45.7 Å². The molecule has 8 nitrogen and oxygen atoms in total. The number of anilines is 1. The molecule has 0 atom stereocenters. The zero-order chi connectivity index (χ0) is 20.5. The fraction of sp³-hybridized carbons (Fsp3) is 0.318. The van der Waals surface area contributed by atoms with Crippen molar-refractivity contribution < 1.29 is 9.15 Å². The number of benzene rings is 2. The molecule has 154 valence electrons. The van der Waals surface area contributed by atoms with Gasteiger partial charge in [0.2, 0.25) is 0 Å². The van der Waals surface area contributed by atoms with Crippen LogP contribution < -0.4 is 5.73 Å². The van der Waals surface area contributed by atoms with Gasteiger partial charge in [0.05, 0.1) is 36.3 Å². The quantitative estimate of drug-likeness (QED) is 0.543. The maximum atomic E-state index is 5.88. The summed E-state index contributed by atoms with van der Waals surface area (Å²) in [6, 6.07) is 12.1. The predicted octanol–water partition coefficient (Wildman–Crippen LogP) is 2.74. The maximum Gasteiger partial charge on any atom is 0.292 e. The lowest BCUT2D eigenvalue weighted by molar-refractivity contribution is -0.00292. The van der Waals surface area contributed by atoms with Gasteiger partial charge in [-0.15, -0.1) is 0 Å². The van der Waals surface area contributed by atoms with E-state index in [1.54, 1.807) is 6.20 Å². The van der Waals surface area contributed by atoms with Crippen molar-refractivity contribution in [3.8, 4) is 11.1 Å². The summed E-state index contributed by atoms with van der Waals surface area (Å²) in [6.45, 7) is 5.29. The van der Waals surface area contributed by atoms with Crippen LogP contribution >= 0.6 is 0 Å². The van der Waals surface area contributed by atoms with Gasteiger partial charge in [0.25, 0.3) is 6.01 Å². The Labute approximate surface area is 174 Å². The highest BCUT2D eigenvalue weighted by Crippen LogP contribution is 2.27. The van der Waals surface area contributed by atoms with Crippen LogP contribution in [0.5, 0.6) is 0 Å². The van der Waals surface area contributed by atoms with Gasteiger partial charge >= 0.3 is 0 Å². The number of fused-ring (bicyclic) bond motifs is 2. The third-order valence-electron chi connectivity index (χ3n) is 5.45. The number of nitrogen functional groups attached to an aromatic ring is 1. The van der Waals surface area contributed by atoms with Gasteiger partial charge < -0.3 is 19.8 Å². The molecule has 1 fully saturated rings. The van der Waals surface area contributed by atoms with Crippen LogP contribution in [0.4, 0.5) is 6.01 Å². The van der Waals surface area contributed by atoms with Crippen molar-refractivity contribution in [2.24, 2.45) is 0 Å². The molecule has 2 N–H and O–H groups in total. The molecule has 2 aromatic heterocycles. The number of hydrogen-bond donors (Lipinski definition) is 1. The number of hydrogen-bond acceptors (Lipinski definition) is 8. The summed E-state index contributed by atoms with van der Waals surface area (Å²) in [5.41, 5.74) is 11.7. The molecule has 1 saturated heterocycles. The first-order chi connectivity index (χ1) is 14.6. The fourth-order valence-corrected chi connectivity index (χ4v) is 3.68. The highest BCUT2D eigenvalue weighted by molar-refractivity contribution is 5.85. The van der Waals surface area contributed by atoms with Gasteiger partial charge in [-0.2, -0.15) is 4.98 Å². The molecule has 30 heavy (non-hydrogen) atoms. The number of rotatable bonds is 5. The topological polar surface area (TPSA) is 93.5 Å². The van der Waals surface area contributed by atoms with Crippen molar-refractivity contribution >= 4 is 28.1 Å². The van der Waals surface area contributed by atoms with E-state index in [-0.39, 0.29) is 6.01 Å². The predicted molar refractivity (Wildman–Crippen MR) is 116 cm³/mol. The Balaban J connectivity index is 1.32. The van der Waals surface area contributed by atoms with E-state index in [2.05, 4.69) is 26.8 Å². The van der Waals surface area contributed by atoms with E-state index in [0.717, 1.165) is 59.5 Å². The van der Waals surface area contributed by atoms with Crippen LogP contribution in [-0.4, -0.2) is 64.7 Å². The average Bonchev–Trinajstić information content (AvgIpc) is 3.14. The first-order valence-corrected chi connectivity index (χ1v) is 10.0. The first kappa shape index (κ1) is 18.9. The molecule has 0 bridgehead atoms. The van der Waals surface area contributed by atoms with Gasteiger partial charge in [-0.1, -0.05) is 12.1 Å². The van der Waals surface area contributed by atoms with Crippen molar-refractivity contribution in [1.29, 1.82) is 0 Å². The van der Waals surface area contributed by atoms with Crippen molar-refractivity contribution in [3.63, 3.8) is 0 Å². The highest BCUT2D eigenvalue weighted by Gasteiger charge is 2.13. The summed E-state index contributed by atoms with van der Waals surface area (Å²) in [5.74, 6) is 0. The van der Waals surface area contributed by atoms with Gasteiger partial charge in [-0.3, -0.25) is 9.88 Å². The molecule has 0 spiro atoms. The second-order valence-electron chi connectivity index (χ2n) is 7.70. The summed E-state index contributed by atoms with van der Waals surface area (Å²) in [5, 5.41) is 0. The second kappa shape index (κ2) is 7.98. The maximum absolute atomic E-state index is 5.88. The Hall–Kier alpha value is -3.07. The largest absolute Gasteiger partial charge is 0.424 e. The van der Waals surface area contributed by atoms with Crippen molar-refractivity contribution in [1.82, 2.24) is 24.8 Å². The number of oxazole rings is 1. The van der Waals surface area contributed by atoms with Crippen molar-refractivity contribution in [2.45, 2.75) is 6.61 Å². The normalized spacial score (nSPS) is 15.9. The van der Waals surface area contributed by atoms with Crippen LogP contribution in [0.25, 0.3) is 33.3 Å². The van der Waals surface area contributed by atoms with Crippen molar-refractivity contribution in [3.05, 3.63) is 48.3 Å². The molecule has 0 radical (unpaired) electrons. The third kappa shape index (κ3) is 3.97. The third-order valence-corrected chi connectivity index (χ3v) is 5.45. The molecule has 4 aromatic rings. The lowest BCUT2D eigenvalue weighted by Gasteiger charge is -2.31. The van der Waals surface area contributed by atoms with Crippen LogP contribution in [-0.2, 0) is 11.3 Å². The smallest absolute Gasteiger partial charge is 0.292 e. The number of ether oxygens (including phenoxy) is 1. The minimum absolute atomic E-state index is 0.174. The van der Waals surface area contributed by atoms with Gasteiger partial charge in [-0.05, 0) is 42.4 Å². The van der Waals surface area contributed by atoms with Gasteiger partial charge in [0, 0.05) is 26.2 Å². The Morgan fingerprint density at radius 2 is 1.73 bits per heavy atom. The van der Waals surface area contributed by atoms with Crippen LogP contribution in [0.2, 0.25) is 0 Å². The molecule has 1 aliphatic rings. The number of nitrogens with two attached hydrogens (primary N) is 1. The molecule has 0 amide bonds. The number of nitrogens with zero attached hydrogens (tertiary/aromatic N) is 5. The Morgan fingerprint density at radius 3 is 2.57 bits per heavy atom. The number of likely N-dealkylation sites (N-methyl/N-ethyl adjacent to an activating group) is 1. The Bertz CT molecular complexity index is 1180. The monoisotopic (exact) mass is 404 g/mol. The number of piperazine rings is 1. The zero-order valence-electron chi connectivity index (χ0n) is 16.9. The van der Waals surface area contributed by atoms with E-state index in [0.29, 0.717) is 18.9 Å². The van der Waals surface area contributed by atoms with E-state index in [1.807, 2.05) is 36.4 Å². The van der Waals surface area contributed by atoms with E-state index in [9.17, 15) is 0 Å². The zero-order valence-corrected chi connectivity index (χ0v) is 16.9. The summed E-state index contributed by atoms with van der Waals surface area (Å²) in [6.07, 6.45) is 1.79. The van der Waals surface area contributed by atoms with E-state index >= 15 is 0 Å². The second-order valence-corrected chi connectivity index (χ2v) is 7.70. The highest BCUT2D eigenvalue weighted by atomic mass is 16.5. The molecule has 0 saturated carbocycles. The fourth-order valence-electron chi connectivity index (χ4n) is 3.68. The summed E-state index contributed by atoms with van der Waals surface area (Å²) in [7, 11) is 2.15. The first-order valence-electron chi connectivity index (χ1n) is 10.0. The van der Waals surface area contributed by atoms with Gasteiger partial charge in [0.1, 0.15) is 5.52 Å². The minimum Gasteiger partial charge on any atom is -0.424 e. The lowest BCUT2D eigenvalue weighted by atomic mass is 10.0. The molecule has 0 aliphatic carbocycles. The lowest BCUT2D eigenvalue weighted by Crippen LogP contribution is -2.45. The molecule has 0 unspecified atom stereocenters. The Kier molecular flexibility index (Phi) is 5.04. The standard InChI is InChI=1S/C22H24N6O2/c1-27-6-8-28(9-7-27)14-29-13-17-12-24-18-4-2-15(10-19(18)25-17)16-3-5-21-20(11-16)26-22(23)30-21/h2-5,10-12H,6-9,13-14H2,1H3,(H2,23,26). The molecule has 2 aromatic carbocycles. The Morgan fingerprint density at radius 1 is 0.967 bits per heavy atom. The average molecular weight is 404 g/mol. The van der Waals surface area contributed by atoms with E-state index in [1.165, 1.54) is 0 Å². The molecular formula is C22H24N6O2. The van der Waals surface area contributed by atoms with Gasteiger partial charge in [-0.25, -0.2) is 4.98 Å². The van der Waals surface area contributed by atoms with Gasteiger partial charge in [0.15, 0.2) is 5.58 Å². The summed E-state index contributed by atoms with van der Waals surface area (Å²) in [4.78, 5) is 18.2. The molecule has 3 heterocycles. The summed E-state index contributed by atoms with van der Waals surface area (Å²) < 4.78 is 11.2. The van der Waals surface area contributed by atoms with E-state index in [4.69, 9.17) is 19.9 Å². The van der Waals surface area contributed by atoms with Crippen LogP contribution in [0.15, 0.2) is 47.0 Å². The van der Waals surface area contributed by atoms with Crippen LogP contribution in [0.1, 0.15) is 5.69 Å². The van der Waals surface area contributed by atoms with Crippen LogP contribution in [0.3, 0.4) is 0 Å². The van der Waals surface area contributed by atoms with E-state index < -0.39 is 0 Å².